The van der Waals surface area contributed by atoms with Gasteiger partial charge in [-0.3, -0.25) is 4.79 Å². The molecule has 0 heterocycles. The molecule has 1 rings (SSSR count). The average molecular weight is 292 g/mol. The molecule has 0 aromatic heterocycles. The number of nitrogens with zero attached hydrogens (tertiary/aromatic N) is 1. The Bertz CT molecular complexity index is 489. The molecule has 5 nitrogen and oxygen atoms in total. The number of hydrogen-bond acceptors (Lipinski definition) is 2. The zero-order chi connectivity index (χ0) is 16.0. The number of carboxylic acids is 1. The number of carboxylic acid groups (broad SMARTS) is 1. The molecule has 2 amide bonds. The summed E-state index contributed by atoms with van der Waals surface area (Å²) in [6.45, 7) is 6.82. The molecule has 0 aliphatic carbocycles. The first-order valence-electron chi connectivity index (χ1n) is 7.04. The van der Waals surface area contributed by atoms with Gasteiger partial charge in [-0.25, -0.2) is 4.79 Å². The van der Waals surface area contributed by atoms with E-state index in [4.69, 9.17) is 5.11 Å². The Morgan fingerprint density at radius 3 is 2.24 bits per heavy atom. The van der Waals surface area contributed by atoms with Crippen LogP contribution in [0.3, 0.4) is 0 Å². The molecule has 0 atom stereocenters. The predicted octanol–water partition coefficient (Wildman–Crippen LogP) is 3.31. The lowest BCUT2D eigenvalue weighted by Crippen LogP contribution is -2.32. The van der Waals surface area contributed by atoms with Gasteiger partial charge in [0.15, 0.2) is 0 Å². The summed E-state index contributed by atoms with van der Waals surface area (Å²) in [5.41, 5.74) is 2.02. The number of carbonyl (C=O) groups excluding carboxylic acids is 1. The highest BCUT2D eigenvalue weighted by atomic mass is 16.4. The number of carbonyl (C=O) groups is 2. The van der Waals surface area contributed by atoms with Gasteiger partial charge in [-0.1, -0.05) is 32.9 Å². The lowest BCUT2D eigenvalue weighted by Gasteiger charge is -2.20. The summed E-state index contributed by atoms with van der Waals surface area (Å²) in [6, 6.07) is 7.52. The van der Waals surface area contributed by atoms with Crippen molar-refractivity contribution in [3.63, 3.8) is 0 Å². The van der Waals surface area contributed by atoms with E-state index in [1.165, 1.54) is 10.5 Å². The van der Waals surface area contributed by atoms with Crippen LogP contribution >= 0.6 is 0 Å². The van der Waals surface area contributed by atoms with Crippen molar-refractivity contribution in [1.29, 1.82) is 0 Å². The van der Waals surface area contributed by atoms with Gasteiger partial charge in [-0.15, -0.1) is 0 Å². The molecule has 0 saturated heterocycles. The van der Waals surface area contributed by atoms with Crippen molar-refractivity contribution in [1.82, 2.24) is 4.90 Å². The third-order valence-electron chi connectivity index (χ3n) is 3.23. The molecule has 0 saturated carbocycles. The maximum atomic E-state index is 11.9. The van der Waals surface area contributed by atoms with E-state index in [2.05, 4.69) is 26.1 Å². The normalized spacial score (nSPS) is 11.0. The van der Waals surface area contributed by atoms with Crippen LogP contribution in [-0.2, 0) is 10.2 Å². The van der Waals surface area contributed by atoms with Crippen LogP contribution in [0.15, 0.2) is 24.3 Å². The summed E-state index contributed by atoms with van der Waals surface area (Å²) in [7, 11) is 1.65. The van der Waals surface area contributed by atoms with Crippen LogP contribution in [-0.4, -0.2) is 35.6 Å². The molecule has 0 bridgehead atoms. The number of benzene rings is 1. The molecule has 2 N–H and O–H groups in total. The second kappa shape index (κ2) is 7.11. The second-order valence-corrected chi connectivity index (χ2v) is 6.18. The van der Waals surface area contributed by atoms with Crippen LogP contribution in [0.4, 0.5) is 10.5 Å². The number of hydrogen-bond donors (Lipinski definition) is 2. The minimum Gasteiger partial charge on any atom is -0.481 e. The second-order valence-electron chi connectivity index (χ2n) is 6.18. The van der Waals surface area contributed by atoms with Crippen LogP contribution in [0.2, 0.25) is 0 Å². The molecule has 5 heteroatoms. The van der Waals surface area contributed by atoms with Gasteiger partial charge in [-0.05, 0) is 29.5 Å². The SMILES string of the molecule is CN(CCCC(=O)O)C(=O)Nc1ccc(C(C)(C)C)cc1. The summed E-state index contributed by atoms with van der Waals surface area (Å²) in [6.07, 6.45) is 0.514. The van der Waals surface area contributed by atoms with Crippen LogP contribution < -0.4 is 5.32 Å². The Hall–Kier alpha value is -2.04. The van der Waals surface area contributed by atoms with Crippen molar-refractivity contribution >= 4 is 17.7 Å². The largest absolute Gasteiger partial charge is 0.481 e. The molecule has 0 fully saturated rings. The molecule has 1 aromatic rings. The number of aliphatic carboxylic acids is 1. The number of urea groups is 1. The molecule has 0 radical (unpaired) electrons. The lowest BCUT2D eigenvalue weighted by molar-refractivity contribution is -0.137. The number of anilines is 1. The number of nitrogens with one attached hydrogen (secondary N) is 1. The molecular formula is C16H24N2O3. The van der Waals surface area contributed by atoms with Crippen LogP contribution in [0.1, 0.15) is 39.2 Å². The molecule has 1 aromatic carbocycles. The number of rotatable bonds is 5. The molecular weight excluding hydrogens is 268 g/mol. The fraction of sp³-hybridized carbons (Fsp3) is 0.500. The first kappa shape index (κ1) is 17.0. The minimum absolute atomic E-state index is 0.0674. The van der Waals surface area contributed by atoms with Crippen LogP contribution in [0, 0.1) is 0 Å². The fourth-order valence-electron chi connectivity index (χ4n) is 1.84. The standard InChI is InChI=1S/C16H24N2O3/c1-16(2,3)12-7-9-13(10-8-12)17-15(21)18(4)11-5-6-14(19)20/h7-10H,5-6,11H2,1-4H3,(H,17,21)(H,19,20). The highest BCUT2D eigenvalue weighted by Gasteiger charge is 2.14. The van der Waals surface area contributed by atoms with E-state index in [1.807, 2.05) is 24.3 Å². The van der Waals surface area contributed by atoms with E-state index in [1.54, 1.807) is 7.05 Å². The minimum atomic E-state index is -0.846. The Balaban J connectivity index is 2.52. The van der Waals surface area contributed by atoms with Crippen molar-refractivity contribution in [2.45, 2.75) is 39.0 Å². The van der Waals surface area contributed by atoms with Crippen molar-refractivity contribution in [2.24, 2.45) is 0 Å². The molecule has 116 valence electrons. The van der Waals surface area contributed by atoms with Crippen LogP contribution in [0.5, 0.6) is 0 Å². The summed E-state index contributed by atoms with van der Waals surface area (Å²) < 4.78 is 0. The molecule has 0 unspecified atom stereocenters. The van der Waals surface area contributed by atoms with Crippen molar-refractivity contribution in [2.75, 3.05) is 18.9 Å². The predicted molar refractivity (Wildman–Crippen MR) is 83.7 cm³/mol. The quantitative estimate of drug-likeness (QED) is 0.874. The molecule has 0 spiro atoms. The van der Waals surface area contributed by atoms with Gasteiger partial charge >= 0.3 is 12.0 Å². The average Bonchev–Trinajstić information content (AvgIpc) is 2.37. The third kappa shape index (κ3) is 5.85. The Morgan fingerprint density at radius 1 is 1.19 bits per heavy atom. The third-order valence-corrected chi connectivity index (χ3v) is 3.23. The molecule has 0 aliphatic heterocycles. The maximum absolute atomic E-state index is 11.9. The highest BCUT2D eigenvalue weighted by Crippen LogP contribution is 2.23. The van der Waals surface area contributed by atoms with E-state index in [0.29, 0.717) is 13.0 Å². The lowest BCUT2D eigenvalue weighted by atomic mass is 9.87. The summed E-state index contributed by atoms with van der Waals surface area (Å²) in [4.78, 5) is 23.9. The summed E-state index contributed by atoms with van der Waals surface area (Å²) >= 11 is 0. The van der Waals surface area contributed by atoms with Gasteiger partial charge < -0.3 is 15.3 Å². The number of amides is 2. The maximum Gasteiger partial charge on any atom is 0.321 e. The van der Waals surface area contributed by atoms with Gasteiger partial charge in [0, 0.05) is 25.7 Å². The van der Waals surface area contributed by atoms with E-state index in [-0.39, 0.29) is 17.9 Å². The monoisotopic (exact) mass is 292 g/mol. The van der Waals surface area contributed by atoms with Gasteiger partial charge in [0.05, 0.1) is 0 Å². The smallest absolute Gasteiger partial charge is 0.321 e. The van der Waals surface area contributed by atoms with E-state index in [9.17, 15) is 9.59 Å². The van der Waals surface area contributed by atoms with E-state index in [0.717, 1.165) is 5.69 Å². The Kier molecular flexibility index (Phi) is 5.76. The highest BCUT2D eigenvalue weighted by molar-refractivity contribution is 5.89. The Labute approximate surface area is 126 Å². The molecule has 0 aliphatic rings. The van der Waals surface area contributed by atoms with E-state index < -0.39 is 5.97 Å². The summed E-state index contributed by atoms with van der Waals surface area (Å²) in [5, 5.41) is 11.4. The first-order valence-corrected chi connectivity index (χ1v) is 7.04. The van der Waals surface area contributed by atoms with Crippen LogP contribution in [0.25, 0.3) is 0 Å². The summed E-state index contributed by atoms with van der Waals surface area (Å²) in [5.74, 6) is -0.846. The van der Waals surface area contributed by atoms with Crippen molar-refractivity contribution in [3.05, 3.63) is 29.8 Å². The van der Waals surface area contributed by atoms with Gasteiger partial charge in [0.25, 0.3) is 0 Å². The molecule has 21 heavy (non-hydrogen) atoms. The van der Waals surface area contributed by atoms with E-state index >= 15 is 0 Å². The zero-order valence-corrected chi connectivity index (χ0v) is 13.1. The van der Waals surface area contributed by atoms with Gasteiger partial charge in [-0.2, -0.15) is 0 Å². The van der Waals surface area contributed by atoms with Gasteiger partial charge in [0.2, 0.25) is 0 Å². The first-order chi connectivity index (χ1) is 9.70. The van der Waals surface area contributed by atoms with Gasteiger partial charge in [0.1, 0.15) is 0 Å². The zero-order valence-electron chi connectivity index (χ0n) is 13.1. The topological polar surface area (TPSA) is 69.6 Å². The fourth-order valence-corrected chi connectivity index (χ4v) is 1.84. The Morgan fingerprint density at radius 2 is 1.76 bits per heavy atom. The van der Waals surface area contributed by atoms with Crippen molar-refractivity contribution < 1.29 is 14.7 Å². The van der Waals surface area contributed by atoms with Crippen molar-refractivity contribution in [3.8, 4) is 0 Å².